The molecule has 0 aliphatic heterocycles. The maximum absolute atomic E-state index is 12.8. The fourth-order valence-corrected chi connectivity index (χ4v) is 4.09. The number of para-hydroxylation sites is 1. The van der Waals surface area contributed by atoms with Crippen molar-refractivity contribution in [2.45, 2.75) is 52.0 Å². The number of aryl methyl sites for hydroxylation is 1. The average molecular weight is 495 g/mol. The van der Waals surface area contributed by atoms with Gasteiger partial charge in [0.05, 0.1) is 5.56 Å². The Morgan fingerprint density at radius 1 is 0.861 bits per heavy atom. The summed E-state index contributed by atoms with van der Waals surface area (Å²) in [6.07, 6.45) is -1.41. The minimum atomic E-state index is -4.33. The van der Waals surface area contributed by atoms with Crippen molar-refractivity contribution in [3.8, 4) is 0 Å². The first-order valence-electron chi connectivity index (χ1n) is 12.1. The quantitative estimate of drug-likeness (QED) is 0.249. The predicted octanol–water partition coefficient (Wildman–Crippen LogP) is 7.01. The van der Waals surface area contributed by atoms with Crippen molar-refractivity contribution in [2.75, 3.05) is 0 Å². The van der Waals surface area contributed by atoms with E-state index in [9.17, 15) is 18.0 Å². The molecule has 0 aliphatic rings. The predicted molar refractivity (Wildman–Crippen MR) is 134 cm³/mol. The molecule has 188 valence electrons. The van der Waals surface area contributed by atoms with E-state index in [1.807, 2.05) is 36.4 Å². The van der Waals surface area contributed by atoms with Gasteiger partial charge in [-0.05, 0) is 47.9 Å². The highest BCUT2D eigenvalue weighted by Gasteiger charge is 2.29. The van der Waals surface area contributed by atoms with E-state index in [1.54, 1.807) is 12.1 Å². The minimum Gasteiger partial charge on any atom is -0.461 e. The summed E-state index contributed by atoms with van der Waals surface area (Å²) in [7, 11) is 0. The summed E-state index contributed by atoms with van der Waals surface area (Å²) < 4.78 is 44.1. The summed E-state index contributed by atoms with van der Waals surface area (Å²) in [5.41, 5.74) is 3.50. The molecule has 4 aromatic rings. The van der Waals surface area contributed by atoms with E-state index in [4.69, 9.17) is 4.42 Å². The maximum Gasteiger partial charge on any atom is 0.416 e. The zero-order valence-electron chi connectivity index (χ0n) is 20.1. The van der Waals surface area contributed by atoms with Crippen molar-refractivity contribution in [1.29, 1.82) is 0 Å². The van der Waals surface area contributed by atoms with Crippen LogP contribution in [0.4, 0.5) is 13.2 Å². The van der Waals surface area contributed by atoms with Gasteiger partial charge in [-0.3, -0.25) is 4.79 Å². The molecule has 0 fully saturated rings. The number of unbranched alkanes of at least 4 members (excludes halogenated alkanes) is 1. The molecule has 3 aromatic carbocycles. The number of carbonyl (C=O) groups excluding carboxylic acids is 1. The number of amides is 1. The largest absolute Gasteiger partial charge is 0.461 e. The van der Waals surface area contributed by atoms with Crippen LogP contribution < -0.4 is 10.6 Å². The van der Waals surface area contributed by atoms with Crippen molar-refractivity contribution in [3.63, 3.8) is 0 Å². The fourth-order valence-electron chi connectivity index (χ4n) is 4.09. The normalized spacial score (nSPS) is 11.7. The van der Waals surface area contributed by atoms with Crippen molar-refractivity contribution < 1.29 is 22.4 Å². The molecule has 0 saturated carbocycles. The summed E-state index contributed by atoms with van der Waals surface area (Å²) in [5, 5.41) is 7.26. The van der Waals surface area contributed by atoms with Gasteiger partial charge in [-0.15, -0.1) is 0 Å². The Bertz CT molecular complexity index is 1290. The van der Waals surface area contributed by atoms with Crippen molar-refractivity contribution in [3.05, 3.63) is 106 Å². The van der Waals surface area contributed by atoms with Gasteiger partial charge >= 0.3 is 6.18 Å². The Hall–Kier alpha value is -3.58. The molecule has 0 saturated heterocycles. The van der Waals surface area contributed by atoms with Gasteiger partial charge in [-0.25, -0.2) is 0 Å². The van der Waals surface area contributed by atoms with Gasteiger partial charge in [0.2, 0.25) is 0 Å². The fraction of sp³-hybridized carbons (Fsp3) is 0.276. The summed E-state index contributed by atoms with van der Waals surface area (Å²) in [6.45, 7) is 3.51. The Labute approximate surface area is 208 Å². The number of rotatable bonds is 10. The lowest BCUT2D eigenvalue weighted by Gasteiger charge is -2.09. The van der Waals surface area contributed by atoms with Crippen LogP contribution in [0.5, 0.6) is 0 Å². The van der Waals surface area contributed by atoms with Gasteiger partial charge in [-0.1, -0.05) is 55.8 Å². The van der Waals surface area contributed by atoms with Crippen LogP contribution >= 0.6 is 0 Å². The molecule has 0 bridgehead atoms. The van der Waals surface area contributed by atoms with E-state index < -0.39 is 11.7 Å². The Balaban J connectivity index is 1.31. The van der Waals surface area contributed by atoms with Crippen LogP contribution in [-0.2, 0) is 32.2 Å². The second-order valence-electron chi connectivity index (χ2n) is 8.78. The van der Waals surface area contributed by atoms with Crippen LogP contribution in [0.15, 0.2) is 77.2 Å². The standard InChI is InChI=1S/C29H29F3N2O2/c1-2-3-7-27-25(24-6-4-5-8-26(24)36-27)19-34-28(35)22-13-9-20(10-14-22)17-33-18-21-11-15-23(16-12-21)29(30,31)32/h4-6,8-16,33H,2-3,7,17-19H2,1H3,(H,34,35). The summed E-state index contributed by atoms with van der Waals surface area (Å²) in [4.78, 5) is 12.8. The molecule has 0 unspecified atom stereocenters. The van der Waals surface area contributed by atoms with Crippen LogP contribution in [0.3, 0.4) is 0 Å². The molecule has 1 aromatic heterocycles. The van der Waals surface area contributed by atoms with E-state index in [0.29, 0.717) is 25.2 Å². The van der Waals surface area contributed by atoms with Crippen LogP contribution in [-0.4, -0.2) is 5.91 Å². The van der Waals surface area contributed by atoms with E-state index in [2.05, 4.69) is 17.6 Å². The van der Waals surface area contributed by atoms with Crippen LogP contribution in [0, 0.1) is 0 Å². The number of carbonyl (C=O) groups is 1. The highest BCUT2D eigenvalue weighted by atomic mass is 19.4. The van der Waals surface area contributed by atoms with E-state index >= 15 is 0 Å². The number of fused-ring (bicyclic) bond motifs is 1. The van der Waals surface area contributed by atoms with Crippen molar-refractivity contribution in [2.24, 2.45) is 0 Å². The number of hydrogen-bond acceptors (Lipinski definition) is 3. The average Bonchev–Trinajstić information content (AvgIpc) is 3.23. The maximum atomic E-state index is 12.8. The van der Waals surface area contributed by atoms with Gasteiger partial charge in [0.1, 0.15) is 11.3 Å². The molecule has 4 nitrogen and oxygen atoms in total. The third-order valence-electron chi connectivity index (χ3n) is 6.12. The monoisotopic (exact) mass is 494 g/mol. The Morgan fingerprint density at radius 3 is 2.14 bits per heavy atom. The zero-order valence-corrected chi connectivity index (χ0v) is 20.1. The molecule has 0 atom stereocenters. The number of alkyl halides is 3. The molecule has 36 heavy (non-hydrogen) atoms. The van der Waals surface area contributed by atoms with Crippen LogP contribution in [0.2, 0.25) is 0 Å². The number of halogens is 3. The first-order valence-corrected chi connectivity index (χ1v) is 12.1. The van der Waals surface area contributed by atoms with Crippen molar-refractivity contribution >= 4 is 16.9 Å². The van der Waals surface area contributed by atoms with Gasteiger partial charge in [-0.2, -0.15) is 13.2 Å². The number of hydrogen-bond donors (Lipinski definition) is 2. The lowest BCUT2D eigenvalue weighted by molar-refractivity contribution is -0.137. The minimum absolute atomic E-state index is 0.161. The van der Waals surface area contributed by atoms with Gasteiger partial charge < -0.3 is 15.1 Å². The number of nitrogens with one attached hydrogen (secondary N) is 2. The molecule has 7 heteroatoms. The third kappa shape index (κ3) is 6.34. The molecular weight excluding hydrogens is 465 g/mol. The van der Waals surface area contributed by atoms with Crippen molar-refractivity contribution in [1.82, 2.24) is 10.6 Å². The van der Waals surface area contributed by atoms with Crippen LogP contribution in [0.25, 0.3) is 11.0 Å². The lowest BCUT2D eigenvalue weighted by atomic mass is 10.1. The van der Waals surface area contributed by atoms with Crippen LogP contribution in [0.1, 0.15) is 58.1 Å². The summed E-state index contributed by atoms with van der Waals surface area (Å²) in [6, 6.07) is 20.3. The lowest BCUT2D eigenvalue weighted by Crippen LogP contribution is -2.23. The Morgan fingerprint density at radius 2 is 1.50 bits per heavy atom. The molecular formula is C29H29F3N2O2. The smallest absolute Gasteiger partial charge is 0.416 e. The number of benzene rings is 3. The van der Waals surface area contributed by atoms with E-state index in [1.165, 1.54) is 12.1 Å². The van der Waals surface area contributed by atoms with Gasteiger partial charge in [0.25, 0.3) is 5.91 Å². The first kappa shape index (κ1) is 25.5. The van der Waals surface area contributed by atoms with Gasteiger partial charge in [0, 0.05) is 42.6 Å². The zero-order chi connectivity index (χ0) is 25.5. The second kappa shape index (κ2) is 11.4. The molecule has 0 radical (unpaired) electrons. The third-order valence-corrected chi connectivity index (χ3v) is 6.12. The number of furan rings is 1. The summed E-state index contributed by atoms with van der Waals surface area (Å²) in [5.74, 6) is 0.763. The second-order valence-corrected chi connectivity index (χ2v) is 8.78. The van der Waals surface area contributed by atoms with E-state index in [-0.39, 0.29) is 5.91 Å². The Kier molecular flexibility index (Phi) is 8.10. The topological polar surface area (TPSA) is 54.3 Å². The molecule has 4 rings (SSSR count). The highest BCUT2D eigenvalue weighted by Crippen LogP contribution is 2.29. The highest BCUT2D eigenvalue weighted by molar-refractivity contribution is 5.94. The van der Waals surface area contributed by atoms with E-state index in [0.717, 1.165) is 64.8 Å². The first-order chi connectivity index (χ1) is 17.3. The van der Waals surface area contributed by atoms with Gasteiger partial charge in [0.15, 0.2) is 0 Å². The molecule has 1 heterocycles. The molecule has 1 amide bonds. The molecule has 2 N–H and O–H groups in total. The summed E-state index contributed by atoms with van der Waals surface area (Å²) >= 11 is 0. The molecule has 0 spiro atoms. The molecule has 0 aliphatic carbocycles. The SMILES string of the molecule is CCCCc1oc2ccccc2c1CNC(=O)c1ccc(CNCc2ccc(C(F)(F)F)cc2)cc1.